The largest absolute Gasteiger partial charge is 0.360 e. The SMILES string of the molecule is Cc1cc(NC(=O)CC(=O)Nc2ccc(C(C)C)cc2)no1. The summed E-state index contributed by atoms with van der Waals surface area (Å²) in [7, 11) is 0. The van der Waals surface area contributed by atoms with Gasteiger partial charge in [-0.15, -0.1) is 0 Å². The first-order chi connectivity index (χ1) is 10.4. The maximum Gasteiger partial charge on any atom is 0.235 e. The first-order valence-corrected chi connectivity index (χ1v) is 7.07. The molecule has 1 heterocycles. The molecule has 2 N–H and O–H groups in total. The molecule has 0 aliphatic carbocycles. The third-order valence-corrected chi connectivity index (χ3v) is 3.08. The smallest absolute Gasteiger partial charge is 0.235 e. The van der Waals surface area contributed by atoms with Crippen molar-refractivity contribution in [3.05, 3.63) is 41.7 Å². The molecule has 0 unspecified atom stereocenters. The Kier molecular flexibility index (Phi) is 4.93. The van der Waals surface area contributed by atoms with E-state index in [1.165, 1.54) is 5.56 Å². The van der Waals surface area contributed by atoms with E-state index >= 15 is 0 Å². The van der Waals surface area contributed by atoms with Crippen LogP contribution in [0.5, 0.6) is 0 Å². The molecule has 116 valence electrons. The van der Waals surface area contributed by atoms with Crippen molar-refractivity contribution < 1.29 is 14.1 Å². The van der Waals surface area contributed by atoms with Crippen LogP contribution in [-0.2, 0) is 9.59 Å². The number of carbonyl (C=O) groups is 2. The van der Waals surface area contributed by atoms with E-state index in [1.54, 1.807) is 13.0 Å². The van der Waals surface area contributed by atoms with Gasteiger partial charge in [0.1, 0.15) is 12.2 Å². The van der Waals surface area contributed by atoms with Crippen molar-refractivity contribution in [1.82, 2.24) is 5.16 Å². The summed E-state index contributed by atoms with van der Waals surface area (Å²) in [6.45, 7) is 5.92. The Morgan fingerprint density at radius 3 is 2.32 bits per heavy atom. The summed E-state index contributed by atoms with van der Waals surface area (Å²) in [5, 5.41) is 8.82. The average molecular weight is 301 g/mol. The molecule has 0 aliphatic rings. The van der Waals surface area contributed by atoms with E-state index in [0.717, 1.165) is 0 Å². The Morgan fingerprint density at radius 2 is 1.77 bits per heavy atom. The minimum absolute atomic E-state index is 0.280. The Morgan fingerprint density at radius 1 is 1.14 bits per heavy atom. The van der Waals surface area contributed by atoms with Crippen LogP contribution in [0, 0.1) is 6.92 Å². The normalized spacial score (nSPS) is 10.5. The maximum absolute atomic E-state index is 11.8. The van der Waals surface area contributed by atoms with Gasteiger partial charge in [-0.3, -0.25) is 9.59 Å². The predicted octanol–water partition coefficient (Wildman–Crippen LogP) is 3.07. The number of rotatable bonds is 5. The van der Waals surface area contributed by atoms with Crippen molar-refractivity contribution in [2.24, 2.45) is 0 Å². The van der Waals surface area contributed by atoms with Gasteiger partial charge in [-0.1, -0.05) is 31.1 Å². The number of nitrogens with one attached hydrogen (secondary N) is 2. The van der Waals surface area contributed by atoms with E-state index in [0.29, 0.717) is 23.2 Å². The van der Waals surface area contributed by atoms with Crippen molar-refractivity contribution >= 4 is 23.3 Å². The van der Waals surface area contributed by atoms with Gasteiger partial charge in [0.05, 0.1) is 0 Å². The number of aryl methyl sites for hydroxylation is 1. The van der Waals surface area contributed by atoms with Gasteiger partial charge in [0.25, 0.3) is 0 Å². The molecular formula is C16H19N3O3. The molecule has 1 aromatic heterocycles. The highest BCUT2D eigenvalue weighted by molar-refractivity contribution is 6.07. The summed E-state index contributed by atoms with van der Waals surface area (Å²) in [5.74, 6) is 0.502. The Balaban J connectivity index is 1.85. The van der Waals surface area contributed by atoms with Gasteiger partial charge < -0.3 is 15.2 Å². The zero-order valence-corrected chi connectivity index (χ0v) is 12.8. The van der Waals surface area contributed by atoms with E-state index in [2.05, 4.69) is 29.6 Å². The van der Waals surface area contributed by atoms with E-state index in [1.807, 2.05) is 24.3 Å². The number of aromatic nitrogens is 1. The summed E-state index contributed by atoms with van der Waals surface area (Å²) in [6.07, 6.45) is -0.280. The van der Waals surface area contributed by atoms with Crippen molar-refractivity contribution in [2.75, 3.05) is 10.6 Å². The number of hydrogen-bond acceptors (Lipinski definition) is 4. The molecule has 2 aromatic rings. The van der Waals surface area contributed by atoms with Gasteiger partial charge in [0.15, 0.2) is 5.82 Å². The maximum atomic E-state index is 11.8. The second kappa shape index (κ2) is 6.89. The molecule has 0 bridgehead atoms. The van der Waals surface area contributed by atoms with E-state index in [9.17, 15) is 9.59 Å². The summed E-state index contributed by atoms with van der Waals surface area (Å²) in [5.41, 5.74) is 1.86. The number of nitrogens with zero attached hydrogens (tertiary/aromatic N) is 1. The molecule has 2 amide bonds. The lowest BCUT2D eigenvalue weighted by atomic mass is 10.0. The van der Waals surface area contributed by atoms with Crippen LogP contribution in [0.3, 0.4) is 0 Å². The van der Waals surface area contributed by atoms with Crippen molar-refractivity contribution in [1.29, 1.82) is 0 Å². The van der Waals surface area contributed by atoms with Crippen LogP contribution in [0.15, 0.2) is 34.9 Å². The Hall–Kier alpha value is -2.63. The predicted molar refractivity (Wildman–Crippen MR) is 83.6 cm³/mol. The number of carbonyl (C=O) groups excluding carboxylic acids is 2. The lowest BCUT2D eigenvalue weighted by Crippen LogP contribution is -2.21. The molecule has 1 aromatic carbocycles. The molecule has 0 fully saturated rings. The lowest BCUT2D eigenvalue weighted by Gasteiger charge is -2.08. The third-order valence-electron chi connectivity index (χ3n) is 3.08. The lowest BCUT2D eigenvalue weighted by molar-refractivity contribution is -0.123. The molecule has 0 radical (unpaired) electrons. The zero-order valence-electron chi connectivity index (χ0n) is 12.8. The summed E-state index contributed by atoms with van der Waals surface area (Å²) < 4.78 is 4.83. The molecule has 0 saturated heterocycles. The summed E-state index contributed by atoms with van der Waals surface area (Å²) in [6, 6.07) is 9.15. The molecule has 6 heteroatoms. The first kappa shape index (κ1) is 15.8. The fourth-order valence-corrected chi connectivity index (χ4v) is 1.91. The van der Waals surface area contributed by atoms with Gasteiger partial charge in [0.2, 0.25) is 11.8 Å². The molecule has 6 nitrogen and oxygen atoms in total. The molecular weight excluding hydrogens is 282 g/mol. The van der Waals surface area contributed by atoms with Crippen LogP contribution in [0.1, 0.15) is 37.5 Å². The third kappa shape index (κ3) is 4.44. The fraction of sp³-hybridized carbons (Fsp3) is 0.312. The van der Waals surface area contributed by atoms with Crippen LogP contribution in [-0.4, -0.2) is 17.0 Å². The van der Waals surface area contributed by atoms with Crippen LogP contribution in [0.25, 0.3) is 0 Å². The van der Waals surface area contributed by atoms with Gasteiger partial charge >= 0.3 is 0 Å². The van der Waals surface area contributed by atoms with E-state index in [4.69, 9.17) is 4.52 Å². The minimum atomic E-state index is -0.440. The molecule has 22 heavy (non-hydrogen) atoms. The number of amides is 2. The number of anilines is 2. The summed E-state index contributed by atoms with van der Waals surface area (Å²) in [4.78, 5) is 23.5. The second-order valence-electron chi connectivity index (χ2n) is 5.37. The quantitative estimate of drug-likeness (QED) is 0.831. The minimum Gasteiger partial charge on any atom is -0.360 e. The van der Waals surface area contributed by atoms with Crippen molar-refractivity contribution in [3.63, 3.8) is 0 Å². The standard InChI is InChI=1S/C16H19N3O3/c1-10(2)12-4-6-13(7-5-12)17-15(20)9-16(21)18-14-8-11(3)22-19-14/h4-8,10H,9H2,1-3H3,(H,17,20)(H,18,19,21). The number of benzene rings is 1. The number of hydrogen-bond donors (Lipinski definition) is 2. The highest BCUT2D eigenvalue weighted by Gasteiger charge is 2.12. The highest BCUT2D eigenvalue weighted by Crippen LogP contribution is 2.17. The van der Waals surface area contributed by atoms with E-state index < -0.39 is 5.91 Å². The van der Waals surface area contributed by atoms with E-state index in [-0.39, 0.29) is 12.3 Å². The highest BCUT2D eigenvalue weighted by atomic mass is 16.5. The molecule has 0 saturated carbocycles. The molecule has 0 aliphatic heterocycles. The van der Waals surface area contributed by atoms with Gasteiger partial charge in [0, 0.05) is 11.8 Å². The fourth-order valence-electron chi connectivity index (χ4n) is 1.91. The van der Waals surface area contributed by atoms with Gasteiger partial charge in [-0.2, -0.15) is 0 Å². The van der Waals surface area contributed by atoms with Crippen LogP contribution in [0.2, 0.25) is 0 Å². The van der Waals surface area contributed by atoms with Crippen LogP contribution >= 0.6 is 0 Å². The van der Waals surface area contributed by atoms with Crippen molar-refractivity contribution in [2.45, 2.75) is 33.1 Å². The second-order valence-corrected chi connectivity index (χ2v) is 5.37. The first-order valence-electron chi connectivity index (χ1n) is 7.07. The molecule has 0 atom stereocenters. The average Bonchev–Trinajstić information content (AvgIpc) is 2.84. The Labute approximate surface area is 128 Å². The molecule has 2 rings (SSSR count). The van der Waals surface area contributed by atoms with Crippen LogP contribution < -0.4 is 10.6 Å². The zero-order chi connectivity index (χ0) is 16.1. The van der Waals surface area contributed by atoms with Crippen LogP contribution in [0.4, 0.5) is 11.5 Å². The molecule has 0 spiro atoms. The Bertz CT molecular complexity index is 660. The van der Waals surface area contributed by atoms with Crippen molar-refractivity contribution in [3.8, 4) is 0 Å². The van der Waals surface area contributed by atoms with Gasteiger partial charge in [-0.05, 0) is 30.5 Å². The summed E-state index contributed by atoms with van der Waals surface area (Å²) >= 11 is 0. The topological polar surface area (TPSA) is 84.2 Å². The monoisotopic (exact) mass is 301 g/mol. The van der Waals surface area contributed by atoms with Gasteiger partial charge in [-0.25, -0.2) is 0 Å².